The minimum Gasteiger partial charge on any atom is -0.354 e. The SMILES string of the molecule is Cc1ccc(CC(=O)NCCn2c(C)nc3ccccc32)cc1. The van der Waals surface area contributed by atoms with Crippen molar-refractivity contribution in [2.24, 2.45) is 0 Å². The van der Waals surface area contributed by atoms with E-state index < -0.39 is 0 Å². The number of aryl methyl sites for hydroxylation is 2. The molecule has 0 saturated heterocycles. The van der Waals surface area contributed by atoms with E-state index in [1.165, 1.54) is 5.56 Å². The molecule has 0 saturated carbocycles. The van der Waals surface area contributed by atoms with Crippen molar-refractivity contribution in [1.29, 1.82) is 0 Å². The zero-order chi connectivity index (χ0) is 16.2. The number of rotatable bonds is 5. The number of hydrogen-bond donors (Lipinski definition) is 1. The normalized spacial score (nSPS) is 10.9. The number of aromatic nitrogens is 2. The van der Waals surface area contributed by atoms with Gasteiger partial charge in [0, 0.05) is 13.1 Å². The molecule has 2 aromatic carbocycles. The molecule has 1 aromatic heterocycles. The molecular formula is C19H21N3O. The quantitative estimate of drug-likeness (QED) is 0.787. The van der Waals surface area contributed by atoms with Crippen LogP contribution in [-0.2, 0) is 17.8 Å². The number of benzene rings is 2. The Balaban J connectivity index is 1.57. The molecule has 1 heterocycles. The van der Waals surface area contributed by atoms with Crippen molar-refractivity contribution < 1.29 is 4.79 Å². The Labute approximate surface area is 136 Å². The lowest BCUT2D eigenvalue weighted by atomic mass is 10.1. The first-order valence-electron chi connectivity index (χ1n) is 7.87. The fourth-order valence-corrected chi connectivity index (χ4v) is 2.74. The summed E-state index contributed by atoms with van der Waals surface area (Å²) in [6, 6.07) is 16.1. The second-order valence-corrected chi connectivity index (χ2v) is 5.81. The van der Waals surface area contributed by atoms with Crippen LogP contribution in [0.4, 0.5) is 0 Å². The third-order valence-electron chi connectivity index (χ3n) is 3.99. The molecule has 3 rings (SSSR count). The lowest BCUT2D eigenvalue weighted by Gasteiger charge is -2.09. The van der Waals surface area contributed by atoms with Crippen LogP contribution in [-0.4, -0.2) is 22.0 Å². The van der Waals surface area contributed by atoms with E-state index >= 15 is 0 Å². The van der Waals surface area contributed by atoms with Gasteiger partial charge in [0.1, 0.15) is 5.82 Å². The van der Waals surface area contributed by atoms with Crippen LogP contribution in [0.2, 0.25) is 0 Å². The second kappa shape index (κ2) is 6.65. The van der Waals surface area contributed by atoms with E-state index in [1.54, 1.807) is 0 Å². The number of carbonyl (C=O) groups is 1. The van der Waals surface area contributed by atoms with Gasteiger partial charge in [-0.3, -0.25) is 4.79 Å². The van der Waals surface area contributed by atoms with E-state index in [0.29, 0.717) is 13.0 Å². The number of hydrogen-bond acceptors (Lipinski definition) is 2. The Hall–Kier alpha value is -2.62. The van der Waals surface area contributed by atoms with Crippen molar-refractivity contribution in [1.82, 2.24) is 14.9 Å². The lowest BCUT2D eigenvalue weighted by molar-refractivity contribution is -0.120. The first kappa shape index (κ1) is 15.3. The number of amides is 1. The minimum atomic E-state index is 0.0518. The van der Waals surface area contributed by atoms with Crippen LogP contribution in [0.25, 0.3) is 11.0 Å². The van der Waals surface area contributed by atoms with E-state index in [0.717, 1.165) is 29.0 Å². The highest BCUT2D eigenvalue weighted by molar-refractivity contribution is 5.78. The maximum atomic E-state index is 12.0. The van der Waals surface area contributed by atoms with Gasteiger partial charge in [0.05, 0.1) is 17.5 Å². The molecular weight excluding hydrogens is 286 g/mol. The Morgan fingerprint density at radius 1 is 1.09 bits per heavy atom. The van der Waals surface area contributed by atoms with Crippen LogP contribution in [0, 0.1) is 13.8 Å². The topological polar surface area (TPSA) is 46.9 Å². The number of carbonyl (C=O) groups excluding carboxylic acids is 1. The Morgan fingerprint density at radius 2 is 1.83 bits per heavy atom. The Morgan fingerprint density at radius 3 is 2.61 bits per heavy atom. The van der Waals surface area contributed by atoms with Crippen molar-refractivity contribution in [2.75, 3.05) is 6.54 Å². The number of para-hydroxylation sites is 2. The van der Waals surface area contributed by atoms with Gasteiger partial charge < -0.3 is 9.88 Å². The average Bonchev–Trinajstić information content (AvgIpc) is 2.86. The van der Waals surface area contributed by atoms with Crippen molar-refractivity contribution in [3.05, 3.63) is 65.5 Å². The summed E-state index contributed by atoms with van der Waals surface area (Å²) in [6.45, 7) is 5.37. The number of imidazole rings is 1. The molecule has 4 heteroatoms. The molecule has 118 valence electrons. The van der Waals surface area contributed by atoms with Crippen LogP contribution < -0.4 is 5.32 Å². The van der Waals surface area contributed by atoms with Gasteiger partial charge in [-0.15, -0.1) is 0 Å². The first-order valence-corrected chi connectivity index (χ1v) is 7.87. The van der Waals surface area contributed by atoms with Gasteiger partial charge in [0.25, 0.3) is 0 Å². The molecule has 23 heavy (non-hydrogen) atoms. The molecule has 4 nitrogen and oxygen atoms in total. The summed E-state index contributed by atoms with van der Waals surface area (Å²) in [6.07, 6.45) is 0.421. The zero-order valence-electron chi connectivity index (χ0n) is 13.5. The summed E-state index contributed by atoms with van der Waals surface area (Å²) in [5.74, 6) is 1.02. The summed E-state index contributed by atoms with van der Waals surface area (Å²) in [5.41, 5.74) is 4.35. The number of nitrogens with zero attached hydrogens (tertiary/aromatic N) is 2. The largest absolute Gasteiger partial charge is 0.354 e. The monoisotopic (exact) mass is 307 g/mol. The third kappa shape index (κ3) is 3.59. The molecule has 0 radical (unpaired) electrons. The molecule has 0 spiro atoms. The van der Waals surface area contributed by atoms with Crippen molar-refractivity contribution in [3.8, 4) is 0 Å². The average molecular weight is 307 g/mol. The fourth-order valence-electron chi connectivity index (χ4n) is 2.74. The van der Waals surface area contributed by atoms with Gasteiger partial charge in [0.2, 0.25) is 5.91 Å². The molecule has 3 aromatic rings. The van der Waals surface area contributed by atoms with Crippen molar-refractivity contribution in [3.63, 3.8) is 0 Å². The fraction of sp³-hybridized carbons (Fsp3) is 0.263. The molecule has 0 aliphatic carbocycles. The first-order chi connectivity index (χ1) is 11.1. The van der Waals surface area contributed by atoms with Gasteiger partial charge >= 0.3 is 0 Å². The molecule has 1 N–H and O–H groups in total. The summed E-state index contributed by atoms with van der Waals surface area (Å²) in [5, 5.41) is 2.99. The summed E-state index contributed by atoms with van der Waals surface area (Å²) >= 11 is 0. The van der Waals surface area contributed by atoms with E-state index in [1.807, 2.05) is 56.3 Å². The van der Waals surface area contributed by atoms with Gasteiger partial charge in [0.15, 0.2) is 0 Å². The molecule has 0 aliphatic heterocycles. The predicted molar refractivity (Wildman–Crippen MR) is 92.4 cm³/mol. The third-order valence-corrected chi connectivity index (χ3v) is 3.99. The predicted octanol–water partition coefficient (Wildman–Crippen LogP) is 3.01. The minimum absolute atomic E-state index is 0.0518. The van der Waals surface area contributed by atoms with Crippen LogP contribution in [0.5, 0.6) is 0 Å². The van der Waals surface area contributed by atoms with Gasteiger partial charge in [-0.05, 0) is 31.5 Å². The maximum Gasteiger partial charge on any atom is 0.224 e. The summed E-state index contributed by atoms with van der Waals surface area (Å²) in [7, 11) is 0. The van der Waals surface area contributed by atoms with E-state index in [-0.39, 0.29) is 5.91 Å². The van der Waals surface area contributed by atoms with Gasteiger partial charge in [-0.25, -0.2) is 4.98 Å². The highest BCUT2D eigenvalue weighted by Crippen LogP contribution is 2.14. The molecule has 0 atom stereocenters. The van der Waals surface area contributed by atoms with Crippen LogP contribution in [0.1, 0.15) is 17.0 Å². The number of fused-ring (bicyclic) bond motifs is 1. The van der Waals surface area contributed by atoms with Crippen LogP contribution in [0.15, 0.2) is 48.5 Å². The van der Waals surface area contributed by atoms with Crippen molar-refractivity contribution in [2.45, 2.75) is 26.8 Å². The highest BCUT2D eigenvalue weighted by Gasteiger charge is 2.07. The smallest absolute Gasteiger partial charge is 0.224 e. The Kier molecular flexibility index (Phi) is 4.42. The van der Waals surface area contributed by atoms with Crippen LogP contribution in [0.3, 0.4) is 0 Å². The summed E-state index contributed by atoms with van der Waals surface area (Å²) < 4.78 is 2.14. The molecule has 1 amide bonds. The second-order valence-electron chi connectivity index (χ2n) is 5.81. The molecule has 0 bridgehead atoms. The van der Waals surface area contributed by atoms with E-state index in [9.17, 15) is 4.79 Å². The van der Waals surface area contributed by atoms with E-state index in [2.05, 4.69) is 20.9 Å². The molecule has 0 fully saturated rings. The molecule has 0 unspecified atom stereocenters. The standard InChI is InChI=1S/C19H21N3O/c1-14-7-9-16(10-8-14)13-19(23)20-11-12-22-15(2)21-17-5-3-4-6-18(17)22/h3-10H,11-13H2,1-2H3,(H,20,23). The zero-order valence-corrected chi connectivity index (χ0v) is 13.5. The highest BCUT2D eigenvalue weighted by atomic mass is 16.1. The number of nitrogens with one attached hydrogen (secondary N) is 1. The van der Waals surface area contributed by atoms with Crippen molar-refractivity contribution >= 4 is 16.9 Å². The summed E-state index contributed by atoms with van der Waals surface area (Å²) in [4.78, 5) is 16.6. The van der Waals surface area contributed by atoms with Gasteiger partial charge in [-0.2, -0.15) is 0 Å². The Bertz CT molecular complexity index is 818. The van der Waals surface area contributed by atoms with Gasteiger partial charge in [-0.1, -0.05) is 42.0 Å². The van der Waals surface area contributed by atoms with E-state index in [4.69, 9.17) is 0 Å². The van der Waals surface area contributed by atoms with Crippen LogP contribution >= 0.6 is 0 Å². The maximum absolute atomic E-state index is 12.0. The molecule has 0 aliphatic rings. The lowest BCUT2D eigenvalue weighted by Crippen LogP contribution is -2.28.